The van der Waals surface area contributed by atoms with Crippen molar-refractivity contribution in [1.29, 1.82) is 0 Å². The maximum Gasteiger partial charge on any atom is 0.258 e. The number of benzene rings is 3. The van der Waals surface area contributed by atoms with Crippen LogP contribution >= 0.6 is 11.6 Å². The van der Waals surface area contributed by atoms with E-state index < -0.39 is 0 Å². The van der Waals surface area contributed by atoms with Crippen molar-refractivity contribution >= 4 is 28.5 Å². The lowest BCUT2D eigenvalue weighted by molar-refractivity contribution is -0.123. The first-order valence-electron chi connectivity index (χ1n) is 12.7. The van der Waals surface area contributed by atoms with E-state index in [9.17, 15) is 4.79 Å². The van der Waals surface area contributed by atoms with Crippen LogP contribution in [0, 0.1) is 6.92 Å². The number of carbonyl (C=O) groups excluding carboxylic acids is 1. The molecule has 1 unspecified atom stereocenters. The van der Waals surface area contributed by atoms with Gasteiger partial charge in [-0.1, -0.05) is 49.7 Å². The lowest BCUT2D eigenvalue weighted by Gasteiger charge is -2.18. The molecule has 0 aliphatic rings. The molecule has 194 valence electrons. The summed E-state index contributed by atoms with van der Waals surface area (Å²) < 4.78 is 14.0. The third-order valence-corrected chi connectivity index (χ3v) is 6.46. The molecule has 37 heavy (non-hydrogen) atoms. The van der Waals surface area contributed by atoms with Crippen LogP contribution in [-0.4, -0.2) is 28.7 Å². The van der Waals surface area contributed by atoms with E-state index in [1.165, 1.54) is 11.1 Å². The van der Waals surface area contributed by atoms with Crippen molar-refractivity contribution in [1.82, 2.24) is 14.9 Å². The van der Waals surface area contributed by atoms with Crippen LogP contribution in [0.3, 0.4) is 0 Å². The fourth-order valence-electron chi connectivity index (χ4n) is 4.34. The molecule has 1 atom stereocenters. The Kier molecular flexibility index (Phi) is 8.72. The van der Waals surface area contributed by atoms with E-state index in [1.807, 2.05) is 25.1 Å². The summed E-state index contributed by atoms with van der Waals surface area (Å²) in [5.74, 6) is 2.53. The summed E-state index contributed by atoms with van der Waals surface area (Å²) in [6, 6.07) is 21.1. The van der Waals surface area contributed by atoms with Gasteiger partial charge in [0, 0.05) is 11.6 Å². The molecule has 6 nitrogen and oxygen atoms in total. The molecule has 1 heterocycles. The molecule has 4 rings (SSSR count). The largest absolute Gasteiger partial charge is 0.493 e. The normalized spacial score (nSPS) is 12.1. The van der Waals surface area contributed by atoms with Gasteiger partial charge in [0.1, 0.15) is 17.3 Å². The molecule has 4 aromatic rings. The summed E-state index contributed by atoms with van der Waals surface area (Å²) in [4.78, 5) is 17.4. The van der Waals surface area contributed by atoms with Gasteiger partial charge in [0.25, 0.3) is 5.91 Å². The zero-order valence-corrected chi connectivity index (χ0v) is 22.6. The van der Waals surface area contributed by atoms with Crippen LogP contribution in [0.1, 0.15) is 56.1 Å². The van der Waals surface area contributed by atoms with Crippen molar-refractivity contribution < 1.29 is 14.3 Å². The minimum atomic E-state index is -0.293. The van der Waals surface area contributed by atoms with E-state index in [1.54, 1.807) is 24.3 Å². The molecule has 0 aliphatic heterocycles. The van der Waals surface area contributed by atoms with Crippen LogP contribution in [0.2, 0.25) is 5.02 Å². The molecule has 0 saturated heterocycles. The first kappa shape index (κ1) is 26.6. The van der Waals surface area contributed by atoms with Gasteiger partial charge in [-0.05, 0) is 79.8 Å². The van der Waals surface area contributed by atoms with E-state index in [0.717, 1.165) is 35.6 Å². The number of hydrogen-bond donors (Lipinski definition) is 1. The minimum Gasteiger partial charge on any atom is -0.493 e. The topological polar surface area (TPSA) is 65.4 Å². The lowest BCUT2D eigenvalue weighted by Crippen LogP contribution is -2.32. The number of carbonyl (C=O) groups is 1. The number of rotatable bonds is 11. The first-order valence-corrected chi connectivity index (χ1v) is 13.1. The summed E-state index contributed by atoms with van der Waals surface area (Å²) in [7, 11) is 0. The Hall–Kier alpha value is -3.51. The zero-order valence-electron chi connectivity index (χ0n) is 21.8. The van der Waals surface area contributed by atoms with E-state index >= 15 is 0 Å². The van der Waals surface area contributed by atoms with Gasteiger partial charge in [0.05, 0.1) is 23.7 Å². The first-order chi connectivity index (χ1) is 17.8. The number of para-hydroxylation sites is 2. The van der Waals surface area contributed by atoms with E-state index in [0.29, 0.717) is 23.3 Å². The molecule has 0 bridgehead atoms. The molecule has 3 aromatic carbocycles. The molecular formula is C30H34ClN3O3. The second kappa shape index (κ2) is 12.2. The molecule has 0 aliphatic carbocycles. The highest BCUT2D eigenvalue weighted by molar-refractivity contribution is 6.30. The summed E-state index contributed by atoms with van der Waals surface area (Å²) in [5, 5.41) is 3.64. The number of nitrogens with one attached hydrogen (secondary N) is 1. The van der Waals surface area contributed by atoms with Crippen LogP contribution < -0.4 is 14.8 Å². The number of nitrogens with zero attached hydrogens (tertiary/aromatic N) is 2. The van der Waals surface area contributed by atoms with Gasteiger partial charge in [-0.25, -0.2) is 4.98 Å². The highest BCUT2D eigenvalue weighted by atomic mass is 35.5. The van der Waals surface area contributed by atoms with Crippen LogP contribution in [0.25, 0.3) is 11.0 Å². The molecule has 0 fully saturated rings. The second-order valence-corrected chi connectivity index (χ2v) is 9.98. The average molecular weight is 520 g/mol. The molecule has 0 spiro atoms. The van der Waals surface area contributed by atoms with Gasteiger partial charge >= 0.3 is 0 Å². The van der Waals surface area contributed by atoms with E-state index in [-0.39, 0.29) is 18.6 Å². The van der Waals surface area contributed by atoms with Crippen molar-refractivity contribution in [3.63, 3.8) is 0 Å². The van der Waals surface area contributed by atoms with Gasteiger partial charge in [0.15, 0.2) is 6.61 Å². The van der Waals surface area contributed by atoms with E-state index in [2.05, 4.69) is 54.9 Å². The SMILES string of the molecule is Cc1ccc(C(C)C)c(OCCCn2c(C(C)NC(=O)COc3ccc(Cl)cc3)nc3ccccc32)c1. The Labute approximate surface area is 223 Å². The van der Waals surface area contributed by atoms with Crippen molar-refractivity contribution in [2.75, 3.05) is 13.2 Å². The number of imidazole rings is 1. The molecule has 1 N–H and O–H groups in total. The van der Waals surface area contributed by atoms with Crippen molar-refractivity contribution in [2.45, 2.75) is 52.6 Å². The smallest absolute Gasteiger partial charge is 0.258 e. The number of halogens is 1. The Morgan fingerprint density at radius 2 is 1.78 bits per heavy atom. The summed E-state index contributed by atoms with van der Waals surface area (Å²) in [5.41, 5.74) is 4.34. The number of aryl methyl sites for hydroxylation is 2. The fourth-order valence-corrected chi connectivity index (χ4v) is 4.46. The number of amides is 1. The summed E-state index contributed by atoms with van der Waals surface area (Å²) >= 11 is 5.91. The van der Waals surface area contributed by atoms with Crippen molar-refractivity contribution in [3.05, 3.63) is 88.7 Å². The van der Waals surface area contributed by atoms with Crippen LogP contribution in [0.15, 0.2) is 66.7 Å². The highest BCUT2D eigenvalue weighted by Crippen LogP contribution is 2.28. The standard InChI is InChI=1S/C30H34ClN3O3/c1-20(2)25-15-10-21(3)18-28(25)36-17-7-16-34-27-9-6-5-8-26(27)33-30(34)22(4)32-29(35)19-37-24-13-11-23(31)12-14-24/h5-6,8-15,18,20,22H,7,16-17,19H2,1-4H3,(H,32,35). The number of fused-ring (bicyclic) bond motifs is 1. The average Bonchev–Trinajstić information content (AvgIpc) is 3.25. The lowest BCUT2D eigenvalue weighted by atomic mass is 10.0. The quantitative estimate of drug-likeness (QED) is 0.220. The molecule has 0 radical (unpaired) electrons. The van der Waals surface area contributed by atoms with Gasteiger partial charge in [-0.3, -0.25) is 4.79 Å². The summed E-state index contributed by atoms with van der Waals surface area (Å²) in [6.45, 7) is 9.60. The number of hydrogen-bond acceptors (Lipinski definition) is 4. The predicted molar refractivity (Wildman–Crippen MR) is 149 cm³/mol. The Morgan fingerprint density at radius 1 is 1.03 bits per heavy atom. The maximum absolute atomic E-state index is 12.6. The van der Waals surface area contributed by atoms with Crippen molar-refractivity contribution in [3.8, 4) is 11.5 Å². The predicted octanol–water partition coefficient (Wildman–Crippen LogP) is 6.85. The Morgan fingerprint density at radius 3 is 2.54 bits per heavy atom. The minimum absolute atomic E-state index is 0.0886. The highest BCUT2D eigenvalue weighted by Gasteiger charge is 2.19. The van der Waals surface area contributed by atoms with E-state index in [4.69, 9.17) is 26.1 Å². The maximum atomic E-state index is 12.6. The molecule has 1 aromatic heterocycles. The Balaban J connectivity index is 1.41. The van der Waals surface area contributed by atoms with Gasteiger partial charge in [-0.2, -0.15) is 0 Å². The molecule has 0 saturated carbocycles. The van der Waals surface area contributed by atoms with Gasteiger partial charge < -0.3 is 19.4 Å². The van der Waals surface area contributed by atoms with Crippen LogP contribution in [0.5, 0.6) is 11.5 Å². The monoisotopic (exact) mass is 519 g/mol. The third-order valence-electron chi connectivity index (χ3n) is 6.21. The number of aromatic nitrogens is 2. The zero-order chi connectivity index (χ0) is 26.4. The third kappa shape index (κ3) is 6.83. The second-order valence-electron chi connectivity index (χ2n) is 9.54. The van der Waals surface area contributed by atoms with Crippen molar-refractivity contribution in [2.24, 2.45) is 0 Å². The molecule has 1 amide bonds. The molecule has 7 heteroatoms. The summed E-state index contributed by atoms with van der Waals surface area (Å²) in [6.07, 6.45) is 0.805. The molecular weight excluding hydrogens is 486 g/mol. The van der Waals surface area contributed by atoms with Gasteiger partial charge in [-0.15, -0.1) is 0 Å². The van der Waals surface area contributed by atoms with Crippen LogP contribution in [-0.2, 0) is 11.3 Å². The fraction of sp³-hybridized carbons (Fsp3) is 0.333. The van der Waals surface area contributed by atoms with Gasteiger partial charge in [0.2, 0.25) is 0 Å². The van der Waals surface area contributed by atoms with Crippen LogP contribution in [0.4, 0.5) is 0 Å². The number of ether oxygens (including phenoxy) is 2. The Bertz CT molecular complexity index is 1350.